The molecule has 1 nitrogen and oxygen atoms in total. The molecule has 0 bridgehead atoms. The molecule has 1 N–H and O–H groups in total. The Morgan fingerprint density at radius 1 is 0.944 bits per heavy atom. The Labute approximate surface area is 125 Å². The van der Waals surface area contributed by atoms with E-state index >= 15 is 0 Å². The molecule has 2 aromatic carbocycles. The monoisotopic (exact) mass is 343 g/mol. The Morgan fingerprint density at radius 3 is 2.39 bits per heavy atom. The van der Waals surface area contributed by atoms with Crippen LogP contribution in [0.1, 0.15) is 11.1 Å². The predicted octanol–water partition coefficient (Wildman–Crippen LogP) is 5.05. The Hall–Kier alpha value is -0.540. The molecule has 0 aromatic heterocycles. The van der Waals surface area contributed by atoms with Gasteiger partial charge in [0.15, 0.2) is 0 Å². The zero-order valence-electron chi connectivity index (χ0n) is 9.59. The van der Waals surface area contributed by atoms with Gasteiger partial charge in [-0.2, -0.15) is 0 Å². The Bertz CT molecular complexity index is 543. The second kappa shape index (κ2) is 6.58. The first-order chi connectivity index (χ1) is 8.66. The summed E-state index contributed by atoms with van der Waals surface area (Å²) in [6, 6.07) is 13.7. The van der Waals surface area contributed by atoms with E-state index in [1.807, 2.05) is 30.3 Å². The fourth-order valence-corrected chi connectivity index (χ4v) is 2.54. The second-order valence-electron chi connectivity index (χ2n) is 3.93. The predicted molar refractivity (Wildman–Crippen MR) is 81.1 cm³/mol. The van der Waals surface area contributed by atoms with E-state index in [9.17, 15) is 0 Å². The van der Waals surface area contributed by atoms with Crippen LogP contribution >= 0.6 is 39.1 Å². The van der Waals surface area contributed by atoms with Gasteiger partial charge in [-0.25, -0.2) is 0 Å². The van der Waals surface area contributed by atoms with Gasteiger partial charge in [0.1, 0.15) is 0 Å². The molecule has 4 heteroatoms. The maximum absolute atomic E-state index is 6.11. The van der Waals surface area contributed by atoms with Gasteiger partial charge in [0, 0.05) is 27.6 Å². The fourth-order valence-electron chi connectivity index (χ4n) is 1.64. The molecule has 18 heavy (non-hydrogen) atoms. The summed E-state index contributed by atoms with van der Waals surface area (Å²) in [6.07, 6.45) is 0. The van der Waals surface area contributed by atoms with E-state index in [0.717, 1.165) is 23.1 Å². The van der Waals surface area contributed by atoms with E-state index in [-0.39, 0.29) is 0 Å². The van der Waals surface area contributed by atoms with Gasteiger partial charge in [0.05, 0.1) is 0 Å². The van der Waals surface area contributed by atoms with Crippen molar-refractivity contribution < 1.29 is 0 Å². The molecule has 0 heterocycles. The molecule has 2 rings (SSSR count). The van der Waals surface area contributed by atoms with Crippen molar-refractivity contribution in [1.29, 1.82) is 0 Å². The van der Waals surface area contributed by atoms with Crippen molar-refractivity contribution in [2.45, 2.75) is 13.1 Å². The molecule has 0 aliphatic carbocycles. The van der Waals surface area contributed by atoms with Crippen LogP contribution < -0.4 is 5.32 Å². The first-order valence-corrected chi connectivity index (χ1v) is 7.10. The van der Waals surface area contributed by atoms with E-state index in [2.05, 4.69) is 27.3 Å². The van der Waals surface area contributed by atoms with E-state index in [1.165, 1.54) is 5.56 Å². The summed E-state index contributed by atoms with van der Waals surface area (Å²) in [5.74, 6) is 0. The normalized spacial score (nSPS) is 10.6. The molecule has 0 radical (unpaired) electrons. The maximum atomic E-state index is 6.11. The lowest BCUT2D eigenvalue weighted by Crippen LogP contribution is -2.13. The highest BCUT2D eigenvalue weighted by Crippen LogP contribution is 2.21. The number of benzene rings is 2. The minimum Gasteiger partial charge on any atom is -0.309 e. The SMILES string of the molecule is Clc1ccc(CNCc2ccccc2Br)c(Cl)c1. The van der Waals surface area contributed by atoms with Gasteiger partial charge in [-0.15, -0.1) is 0 Å². The summed E-state index contributed by atoms with van der Waals surface area (Å²) in [6.45, 7) is 1.51. The van der Waals surface area contributed by atoms with Gasteiger partial charge in [-0.1, -0.05) is 63.4 Å². The van der Waals surface area contributed by atoms with Crippen LogP contribution in [0.3, 0.4) is 0 Å². The molecule has 0 fully saturated rings. The highest BCUT2D eigenvalue weighted by molar-refractivity contribution is 9.10. The van der Waals surface area contributed by atoms with Crippen molar-refractivity contribution in [2.24, 2.45) is 0 Å². The number of nitrogens with one attached hydrogen (secondary N) is 1. The van der Waals surface area contributed by atoms with E-state index in [0.29, 0.717) is 10.0 Å². The first-order valence-electron chi connectivity index (χ1n) is 5.55. The molecular weight excluding hydrogens is 333 g/mol. The van der Waals surface area contributed by atoms with Gasteiger partial charge in [-0.05, 0) is 29.3 Å². The lowest BCUT2D eigenvalue weighted by atomic mass is 10.2. The van der Waals surface area contributed by atoms with Crippen LogP contribution in [-0.4, -0.2) is 0 Å². The smallest absolute Gasteiger partial charge is 0.0465 e. The average molecular weight is 345 g/mol. The lowest BCUT2D eigenvalue weighted by molar-refractivity contribution is 0.692. The molecule has 0 saturated heterocycles. The third-order valence-electron chi connectivity index (χ3n) is 2.60. The summed E-state index contributed by atoms with van der Waals surface area (Å²) in [7, 11) is 0. The number of halogens is 3. The third kappa shape index (κ3) is 3.72. The van der Waals surface area contributed by atoms with Crippen molar-refractivity contribution in [2.75, 3.05) is 0 Å². The standard InChI is InChI=1S/C14H12BrCl2N/c15-13-4-2-1-3-10(13)8-18-9-11-5-6-12(16)7-14(11)17/h1-7,18H,8-9H2. The van der Waals surface area contributed by atoms with Gasteiger partial charge in [0.25, 0.3) is 0 Å². The highest BCUT2D eigenvalue weighted by atomic mass is 79.9. The summed E-state index contributed by atoms with van der Waals surface area (Å²) in [5.41, 5.74) is 2.27. The molecule has 94 valence electrons. The minimum atomic E-state index is 0.662. The first kappa shape index (κ1) is 13.9. The zero-order valence-corrected chi connectivity index (χ0v) is 12.7. The lowest BCUT2D eigenvalue weighted by Gasteiger charge is -2.08. The molecular formula is C14H12BrCl2N. The van der Waals surface area contributed by atoms with Crippen LogP contribution in [0.15, 0.2) is 46.9 Å². The van der Waals surface area contributed by atoms with Crippen molar-refractivity contribution in [3.63, 3.8) is 0 Å². The maximum Gasteiger partial charge on any atom is 0.0465 e. The van der Waals surface area contributed by atoms with Crippen molar-refractivity contribution >= 4 is 39.1 Å². The topological polar surface area (TPSA) is 12.0 Å². The molecule has 2 aromatic rings. The summed E-state index contributed by atoms with van der Waals surface area (Å²) < 4.78 is 1.11. The van der Waals surface area contributed by atoms with Gasteiger partial charge in [-0.3, -0.25) is 0 Å². The Balaban J connectivity index is 1.95. The van der Waals surface area contributed by atoms with Crippen LogP contribution in [0.25, 0.3) is 0 Å². The molecule has 0 amide bonds. The Morgan fingerprint density at radius 2 is 1.67 bits per heavy atom. The van der Waals surface area contributed by atoms with Crippen molar-refractivity contribution in [1.82, 2.24) is 5.32 Å². The zero-order chi connectivity index (χ0) is 13.0. The van der Waals surface area contributed by atoms with Crippen molar-refractivity contribution in [3.8, 4) is 0 Å². The van der Waals surface area contributed by atoms with E-state index in [4.69, 9.17) is 23.2 Å². The number of rotatable bonds is 4. The molecule has 0 aliphatic heterocycles. The average Bonchev–Trinajstić information content (AvgIpc) is 2.34. The molecule has 0 spiro atoms. The highest BCUT2D eigenvalue weighted by Gasteiger charge is 2.02. The van der Waals surface area contributed by atoms with E-state index < -0.39 is 0 Å². The fraction of sp³-hybridized carbons (Fsp3) is 0.143. The van der Waals surface area contributed by atoms with Crippen LogP contribution in [0.2, 0.25) is 10.0 Å². The van der Waals surface area contributed by atoms with Gasteiger partial charge < -0.3 is 5.32 Å². The minimum absolute atomic E-state index is 0.662. The third-order valence-corrected chi connectivity index (χ3v) is 3.96. The Kier molecular flexibility index (Phi) is 5.07. The van der Waals surface area contributed by atoms with Crippen LogP contribution in [0, 0.1) is 0 Å². The number of hydrogen-bond acceptors (Lipinski definition) is 1. The summed E-state index contributed by atoms with van der Waals surface area (Å²) in [5, 5.41) is 4.72. The van der Waals surface area contributed by atoms with Crippen LogP contribution in [0.4, 0.5) is 0 Å². The number of hydrogen-bond donors (Lipinski definition) is 1. The largest absolute Gasteiger partial charge is 0.309 e. The van der Waals surface area contributed by atoms with Crippen molar-refractivity contribution in [3.05, 3.63) is 68.1 Å². The van der Waals surface area contributed by atoms with Gasteiger partial charge in [0.2, 0.25) is 0 Å². The summed E-state index contributed by atoms with van der Waals surface area (Å²) >= 11 is 15.5. The van der Waals surface area contributed by atoms with Crippen LogP contribution in [-0.2, 0) is 13.1 Å². The quantitative estimate of drug-likeness (QED) is 0.818. The van der Waals surface area contributed by atoms with E-state index in [1.54, 1.807) is 6.07 Å². The van der Waals surface area contributed by atoms with Crippen LogP contribution in [0.5, 0.6) is 0 Å². The second-order valence-corrected chi connectivity index (χ2v) is 5.63. The summed E-state index contributed by atoms with van der Waals surface area (Å²) in [4.78, 5) is 0. The molecule has 0 atom stereocenters. The van der Waals surface area contributed by atoms with Gasteiger partial charge >= 0.3 is 0 Å². The molecule has 0 unspecified atom stereocenters. The molecule has 0 saturated carbocycles. The molecule has 0 aliphatic rings.